The summed E-state index contributed by atoms with van der Waals surface area (Å²) >= 11 is 3.45. The van der Waals surface area contributed by atoms with Crippen LogP contribution in [0.25, 0.3) is 0 Å². The van der Waals surface area contributed by atoms with E-state index >= 15 is 0 Å². The van der Waals surface area contributed by atoms with Gasteiger partial charge in [-0.15, -0.1) is 0 Å². The highest BCUT2D eigenvalue weighted by atomic mass is 79.9. The summed E-state index contributed by atoms with van der Waals surface area (Å²) < 4.78 is 1.11. The molecule has 1 unspecified atom stereocenters. The average Bonchev–Trinajstić information content (AvgIpc) is 2.14. The van der Waals surface area contributed by atoms with Gasteiger partial charge in [-0.05, 0) is 52.1 Å². The van der Waals surface area contributed by atoms with Crippen molar-refractivity contribution in [3.63, 3.8) is 0 Å². The van der Waals surface area contributed by atoms with Crippen LogP contribution in [0, 0.1) is 0 Å². The van der Waals surface area contributed by atoms with Gasteiger partial charge in [0.25, 0.3) is 0 Å². The van der Waals surface area contributed by atoms with E-state index in [1.54, 1.807) is 0 Å². The van der Waals surface area contributed by atoms with Crippen LogP contribution in [0.4, 0.5) is 0 Å². The van der Waals surface area contributed by atoms with Gasteiger partial charge in [0.1, 0.15) is 0 Å². The molecule has 0 fully saturated rings. The van der Waals surface area contributed by atoms with Crippen molar-refractivity contribution >= 4 is 15.9 Å². The fourth-order valence-corrected chi connectivity index (χ4v) is 2.05. The molecule has 3 heteroatoms. The molecule has 0 spiro atoms. The van der Waals surface area contributed by atoms with Gasteiger partial charge in [0.15, 0.2) is 0 Å². The van der Waals surface area contributed by atoms with Gasteiger partial charge >= 0.3 is 0 Å². The van der Waals surface area contributed by atoms with E-state index < -0.39 is 0 Å². The summed E-state index contributed by atoms with van der Waals surface area (Å²) in [6, 6.07) is 8.83. The number of nitrogens with two attached hydrogens (primary N) is 1. The van der Waals surface area contributed by atoms with E-state index in [9.17, 15) is 0 Å². The Hall–Kier alpha value is -0.380. The topological polar surface area (TPSA) is 29.3 Å². The fourth-order valence-electron chi connectivity index (χ4n) is 1.78. The smallest absolute Gasteiger partial charge is 0.0359 e. The lowest BCUT2D eigenvalue weighted by molar-refractivity contribution is 0.243. The molecule has 1 rings (SSSR count). The molecule has 2 nitrogen and oxygen atoms in total. The fraction of sp³-hybridized carbons (Fsp3) is 0.538. The number of rotatable bonds is 4. The molecule has 0 aliphatic heterocycles. The predicted molar refractivity (Wildman–Crippen MR) is 73.5 cm³/mol. The van der Waals surface area contributed by atoms with Crippen LogP contribution < -0.4 is 5.73 Å². The van der Waals surface area contributed by atoms with E-state index in [4.69, 9.17) is 5.73 Å². The third-order valence-corrected chi connectivity index (χ3v) is 3.13. The van der Waals surface area contributed by atoms with Crippen molar-refractivity contribution in [3.8, 4) is 0 Å². The number of benzene rings is 1. The van der Waals surface area contributed by atoms with Gasteiger partial charge in [0, 0.05) is 16.1 Å². The number of hydrogen-bond acceptors (Lipinski definition) is 2. The molecule has 0 aliphatic carbocycles. The highest BCUT2D eigenvalue weighted by Gasteiger charge is 2.22. The Labute approximate surface area is 107 Å². The summed E-state index contributed by atoms with van der Waals surface area (Å²) in [5, 5.41) is 0. The first-order valence-electron chi connectivity index (χ1n) is 5.50. The van der Waals surface area contributed by atoms with Gasteiger partial charge in [0.05, 0.1) is 0 Å². The molecule has 1 atom stereocenters. The molecule has 0 saturated heterocycles. The van der Waals surface area contributed by atoms with Crippen molar-refractivity contribution in [2.24, 2.45) is 5.73 Å². The molecule has 1 aromatic carbocycles. The monoisotopic (exact) mass is 284 g/mol. The Morgan fingerprint density at radius 2 is 1.75 bits per heavy atom. The maximum absolute atomic E-state index is 6.11. The van der Waals surface area contributed by atoms with Crippen LogP contribution in [-0.2, 0) is 0 Å². The van der Waals surface area contributed by atoms with Crippen LogP contribution >= 0.6 is 15.9 Å². The van der Waals surface area contributed by atoms with E-state index in [0.717, 1.165) is 10.9 Å². The Morgan fingerprint density at radius 1 is 1.25 bits per heavy atom. The SMILES string of the molecule is CN(C)C(CC(C)(C)N)c1ccc(Br)cc1. The molecule has 0 radical (unpaired) electrons. The summed E-state index contributed by atoms with van der Waals surface area (Å²) in [4.78, 5) is 2.22. The van der Waals surface area contributed by atoms with Crippen LogP contribution in [0.5, 0.6) is 0 Å². The Kier molecular flexibility index (Phi) is 4.53. The standard InChI is InChI=1S/C13H21BrN2/c1-13(2,15)9-12(16(3)4)10-5-7-11(14)8-6-10/h5-8,12H,9,15H2,1-4H3. The minimum absolute atomic E-state index is 0.151. The van der Waals surface area contributed by atoms with Crippen LogP contribution in [0.1, 0.15) is 31.9 Å². The predicted octanol–water partition coefficient (Wildman–Crippen LogP) is 3.18. The molecule has 16 heavy (non-hydrogen) atoms. The quantitative estimate of drug-likeness (QED) is 0.920. The van der Waals surface area contributed by atoms with Gasteiger partial charge < -0.3 is 10.6 Å². The van der Waals surface area contributed by atoms with Gasteiger partial charge in [-0.1, -0.05) is 28.1 Å². The largest absolute Gasteiger partial charge is 0.325 e. The van der Waals surface area contributed by atoms with Gasteiger partial charge in [-0.25, -0.2) is 0 Å². The second kappa shape index (κ2) is 5.30. The summed E-state index contributed by atoms with van der Waals surface area (Å²) in [6.45, 7) is 4.14. The molecule has 90 valence electrons. The molecule has 0 heterocycles. The summed E-state index contributed by atoms with van der Waals surface area (Å²) in [5.41, 5.74) is 7.27. The lowest BCUT2D eigenvalue weighted by Gasteiger charge is -2.31. The molecule has 2 N–H and O–H groups in total. The average molecular weight is 285 g/mol. The van der Waals surface area contributed by atoms with Gasteiger partial charge in [0.2, 0.25) is 0 Å². The second-order valence-corrected chi connectivity index (χ2v) is 6.14. The number of nitrogens with zero attached hydrogens (tertiary/aromatic N) is 1. The molecule has 0 aliphatic rings. The minimum Gasteiger partial charge on any atom is -0.325 e. The van der Waals surface area contributed by atoms with Gasteiger partial charge in [-0.3, -0.25) is 0 Å². The third-order valence-electron chi connectivity index (χ3n) is 2.60. The first kappa shape index (κ1) is 13.7. The summed E-state index contributed by atoms with van der Waals surface area (Å²) in [5.74, 6) is 0. The highest BCUT2D eigenvalue weighted by Crippen LogP contribution is 2.27. The van der Waals surface area contributed by atoms with E-state index in [-0.39, 0.29) is 5.54 Å². The van der Waals surface area contributed by atoms with Crippen LogP contribution in [0.15, 0.2) is 28.7 Å². The molecular formula is C13H21BrN2. The van der Waals surface area contributed by atoms with E-state index in [1.165, 1.54) is 5.56 Å². The van der Waals surface area contributed by atoms with Crippen molar-refractivity contribution in [1.29, 1.82) is 0 Å². The number of halogens is 1. The molecule has 1 aromatic rings. The first-order chi connectivity index (χ1) is 7.29. The van der Waals surface area contributed by atoms with Gasteiger partial charge in [-0.2, -0.15) is 0 Å². The Morgan fingerprint density at radius 3 is 2.12 bits per heavy atom. The maximum Gasteiger partial charge on any atom is 0.0359 e. The second-order valence-electron chi connectivity index (χ2n) is 5.22. The Bertz CT molecular complexity index is 325. The normalized spacial score (nSPS) is 14.2. The third kappa shape index (κ3) is 4.24. The molecule has 0 aromatic heterocycles. The lowest BCUT2D eigenvalue weighted by atomic mass is 9.91. The van der Waals surface area contributed by atoms with Crippen molar-refractivity contribution in [3.05, 3.63) is 34.3 Å². The highest BCUT2D eigenvalue weighted by molar-refractivity contribution is 9.10. The van der Waals surface area contributed by atoms with Crippen LogP contribution in [0.3, 0.4) is 0 Å². The zero-order valence-corrected chi connectivity index (χ0v) is 12.1. The van der Waals surface area contributed by atoms with Crippen molar-refractivity contribution in [1.82, 2.24) is 4.90 Å². The van der Waals surface area contributed by atoms with E-state index in [2.05, 4.69) is 73.0 Å². The zero-order valence-electron chi connectivity index (χ0n) is 10.5. The first-order valence-corrected chi connectivity index (χ1v) is 6.30. The van der Waals surface area contributed by atoms with Crippen molar-refractivity contribution < 1.29 is 0 Å². The molecule has 0 saturated carbocycles. The molecule has 0 bridgehead atoms. The van der Waals surface area contributed by atoms with Crippen molar-refractivity contribution in [2.75, 3.05) is 14.1 Å². The van der Waals surface area contributed by atoms with E-state index in [0.29, 0.717) is 6.04 Å². The number of hydrogen-bond donors (Lipinski definition) is 1. The summed E-state index contributed by atoms with van der Waals surface area (Å²) in [7, 11) is 4.19. The van der Waals surface area contributed by atoms with Crippen molar-refractivity contribution in [2.45, 2.75) is 31.8 Å². The maximum atomic E-state index is 6.11. The van der Waals surface area contributed by atoms with Crippen LogP contribution in [0.2, 0.25) is 0 Å². The molecular weight excluding hydrogens is 264 g/mol. The minimum atomic E-state index is -0.151. The zero-order chi connectivity index (χ0) is 12.3. The van der Waals surface area contributed by atoms with E-state index in [1.807, 2.05) is 0 Å². The van der Waals surface area contributed by atoms with Crippen LogP contribution in [-0.4, -0.2) is 24.5 Å². The summed E-state index contributed by atoms with van der Waals surface area (Å²) in [6.07, 6.45) is 0.946. The lowest BCUT2D eigenvalue weighted by Crippen LogP contribution is -2.37. The molecule has 0 amide bonds. The Balaban J connectivity index is 2.90.